The zero-order chi connectivity index (χ0) is 24.0. The fourth-order valence-electron chi connectivity index (χ4n) is 4.04. The third kappa shape index (κ3) is 5.41. The van der Waals surface area contributed by atoms with Crippen molar-refractivity contribution >= 4 is 22.8 Å². The van der Waals surface area contributed by atoms with Crippen molar-refractivity contribution in [1.82, 2.24) is 25.3 Å². The smallest absolute Gasteiger partial charge is 0.251 e. The quantitative estimate of drug-likeness (QED) is 0.412. The number of carbonyl (C=O) groups is 1. The van der Waals surface area contributed by atoms with Gasteiger partial charge in [-0.25, -0.2) is 24.3 Å². The van der Waals surface area contributed by atoms with Crippen LogP contribution < -0.4 is 10.2 Å². The van der Waals surface area contributed by atoms with Crippen LogP contribution in [0.3, 0.4) is 0 Å². The zero-order valence-electron chi connectivity index (χ0n) is 19.2. The fraction of sp³-hybridized carbons (Fsp3) is 0.269. The molecule has 1 saturated heterocycles. The number of hydrogen-bond acceptors (Lipinski definition) is 7. The summed E-state index contributed by atoms with van der Waals surface area (Å²) in [5.74, 6) is 0.252. The Kier molecular flexibility index (Phi) is 6.85. The summed E-state index contributed by atoms with van der Waals surface area (Å²) in [5, 5.41) is 2.96. The van der Waals surface area contributed by atoms with Crippen LogP contribution in [-0.2, 0) is 11.2 Å². The van der Waals surface area contributed by atoms with Crippen molar-refractivity contribution in [2.45, 2.75) is 12.8 Å². The lowest BCUT2D eigenvalue weighted by atomic mass is 10.1. The normalized spacial score (nSPS) is 13.7. The first-order valence-electron chi connectivity index (χ1n) is 11.6. The molecule has 1 amide bonds. The van der Waals surface area contributed by atoms with Gasteiger partial charge in [0.2, 0.25) is 0 Å². The maximum Gasteiger partial charge on any atom is 0.251 e. The molecule has 1 N–H and O–H groups in total. The summed E-state index contributed by atoms with van der Waals surface area (Å²) < 4.78 is 19.1. The van der Waals surface area contributed by atoms with Crippen LogP contribution in [0.4, 0.5) is 10.2 Å². The van der Waals surface area contributed by atoms with E-state index in [0.29, 0.717) is 55.1 Å². The number of nitrogens with zero attached hydrogens (tertiary/aromatic N) is 5. The molecule has 4 aromatic rings. The van der Waals surface area contributed by atoms with Gasteiger partial charge in [-0.05, 0) is 60.9 Å². The molecule has 0 aliphatic carbocycles. The SMILES string of the molecule is O=C(NCCCc1cncnc1)c1ccc2nc(N3CCOCC3)c(-c3ccc(F)cc3)nc2c1. The molecule has 2 aromatic carbocycles. The number of fused-ring (bicyclic) bond motifs is 1. The van der Waals surface area contributed by atoms with Gasteiger partial charge in [0.25, 0.3) is 5.91 Å². The predicted octanol–water partition coefficient (Wildman–Crippen LogP) is 3.43. The minimum Gasteiger partial charge on any atom is -0.378 e. The molecule has 0 radical (unpaired) electrons. The minimum absolute atomic E-state index is 0.168. The Hall–Kier alpha value is -3.98. The van der Waals surface area contributed by atoms with Gasteiger partial charge in [-0.1, -0.05) is 0 Å². The van der Waals surface area contributed by atoms with Crippen LogP contribution in [0.5, 0.6) is 0 Å². The van der Waals surface area contributed by atoms with E-state index in [-0.39, 0.29) is 11.7 Å². The molecule has 2 aromatic heterocycles. The van der Waals surface area contributed by atoms with E-state index in [0.717, 1.165) is 29.8 Å². The van der Waals surface area contributed by atoms with Crippen LogP contribution in [-0.4, -0.2) is 58.7 Å². The molecule has 8 nitrogen and oxygen atoms in total. The van der Waals surface area contributed by atoms with Crippen molar-refractivity contribution in [2.75, 3.05) is 37.7 Å². The van der Waals surface area contributed by atoms with Gasteiger partial charge in [0, 0.05) is 43.2 Å². The lowest BCUT2D eigenvalue weighted by molar-refractivity contribution is 0.0953. The van der Waals surface area contributed by atoms with Gasteiger partial charge in [-0.15, -0.1) is 0 Å². The number of nitrogens with one attached hydrogen (secondary N) is 1. The summed E-state index contributed by atoms with van der Waals surface area (Å²) in [6, 6.07) is 11.5. The molecule has 178 valence electrons. The summed E-state index contributed by atoms with van der Waals surface area (Å²) in [6.07, 6.45) is 6.63. The number of anilines is 1. The van der Waals surface area contributed by atoms with Gasteiger partial charge < -0.3 is 15.0 Å². The summed E-state index contributed by atoms with van der Waals surface area (Å²) in [6.45, 7) is 3.15. The fourth-order valence-corrected chi connectivity index (χ4v) is 4.04. The number of morpholine rings is 1. The first-order chi connectivity index (χ1) is 17.2. The molecule has 0 saturated carbocycles. The largest absolute Gasteiger partial charge is 0.378 e. The van der Waals surface area contributed by atoms with Gasteiger partial charge in [0.05, 0.1) is 24.2 Å². The second-order valence-electron chi connectivity index (χ2n) is 8.31. The number of rotatable bonds is 7. The molecule has 0 atom stereocenters. The van der Waals surface area contributed by atoms with Gasteiger partial charge in [0.15, 0.2) is 5.82 Å². The second-order valence-corrected chi connectivity index (χ2v) is 8.31. The standard InChI is InChI=1S/C26H25FN6O2/c27-21-6-3-19(4-7-21)24-25(33-10-12-35-13-11-33)32-22-8-5-20(14-23(22)31-24)26(34)30-9-1-2-18-15-28-17-29-16-18/h3-8,14-17H,1-2,9-13H2,(H,30,34). The maximum absolute atomic E-state index is 13.6. The maximum atomic E-state index is 13.6. The highest BCUT2D eigenvalue weighted by atomic mass is 19.1. The van der Waals surface area contributed by atoms with Crippen LogP contribution in [0.2, 0.25) is 0 Å². The van der Waals surface area contributed by atoms with E-state index in [1.807, 2.05) is 6.07 Å². The van der Waals surface area contributed by atoms with Crippen LogP contribution in [0, 0.1) is 5.82 Å². The molecule has 1 aliphatic heterocycles. The highest BCUT2D eigenvalue weighted by Crippen LogP contribution is 2.30. The average molecular weight is 473 g/mol. The summed E-state index contributed by atoms with van der Waals surface area (Å²) in [7, 11) is 0. The molecule has 35 heavy (non-hydrogen) atoms. The van der Waals surface area contributed by atoms with E-state index in [1.54, 1.807) is 36.7 Å². The minimum atomic E-state index is -0.311. The van der Waals surface area contributed by atoms with E-state index < -0.39 is 0 Å². The summed E-state index contributed by atoms with van der Waals surface area (Å²) >= 11 is 0. The number of aryl methyl sites for hydroxylation is 1. The molecule has 5 rings (SSSR count). The third-order valence-corrected chi connectivity index (χ3v) is 5.88. The lowest BCUT2D eigenvalue weighted by Crippen LogP contribution is -2.37. The first-order valence-corrected chi connectivity index (χ1v) is 11.6. The van der Waals surface area contributed by atoms with Crippen molar-refractivity contribution < 1.29 is 13.9 Å². The first kappa shape index (κ1) is 22.8. The zero-order valence-corrected chi connectivity index (χ0v) is 19.2. The average Bonchev–Trinajstić information content (AvgIpc) is 2.91. The molecule has 1 fully saturated rings. The van der Waals surface area contributed by atoms with Crippen molar-refractivity contribution in [3.63, 3.8) is 0 Å². The number of benzene rings is 2. The molecule has 0 bridgehead atoms. The molecular weight excluding hydrogens is 447 g/mol. The highest BCUT2D eigenvalue weighted by molar-refractivity contribution is 5.97. The number of hydrogen-bond donors (Lipinski definition) is 1. The van der Waals surface area contributed by atoms with Crippen molar-refractivity contribution in [2.24, 2.45) is 0 Å². The monoisotopic (exact) mass is 472 g/mol. The van der Waals surface area contributed by atoms with Gasteiger partial charge in [-0.2, -0.15) is 0 Å². The number of halogens is 1. The highest BCUT2D eigenvalue weighted by Gasteiger charge is 2.20. The number of amides is 1. The van der Waals surface area contributed by atoms with Crippen LogP contribution in [0.25, 0.3) is 22.3 Å². The third-order valence-electron chi connectivity index (χ3n) is 5.88. The lowest BCUT2D eigenvalue weighted by Gasteiger charge is -2.29. The van der Waals surface area contributed by atoms with Crippen molar-refractivity contribution in [3.8, 4) is 11.3 Å². The molecular formula is C26H25FN6O2. The topological polar surface area (TPSA) is 93.1 Å². The summed E-state index contributed by atoms with van der Waals surface area (Å²) in [5.41, 5.74) is 4.27. The van der Waals surface area contributed by atoms with Crippen molar-refractivity contribution in [3.05, 3.63) is 78.1 Å². The Morgan fingerprint density at radius 2 is 1.77 bits per heavy atom. The summed E-state index contributed by atoms with van der Waals surface area (Å²) in [4.78, 5) is 32.6. The van der Waals surface area contributed by atoms with Crippen LogP contribution in [0.1, 0.15) is 22.3 Å². The number of aromatic nitrogens is 4. The Morgan fingerprint density at radius 1 is 1.00 bits per heavy atom. The van der Waals surface area contributed by atoms with E-state index in [4.69, 9.17) is 14.7 Å². The van der Waals surface area contributed by atoms with Crippen molar-refractivity contribution in [1.29, 1.82) is 0 Å². The molecule has 0 spiro atoms. The van der Waals surface area contributed by atoms with Crippen LogP contribution in [0.15, 0.2) is 61.2 Å². The Morgan fingerprint density at radius 3 is 2.54 bits per heavy atom. The van der Waals surface area contributed by atoms with E-state index in [9.17, 15) is 9.18 Å². The van der Waals surface area contributed by atoms with E-state index in [2.05, 4.69) is 20.2 Å². The Labute approximate surface area is 202 Å². The van der Waals surface area contributed by atoms with Gasteiger partial charge in [0.1, 0.15) is 17.8 Å². The van der Waals surface area contributed by atoms with E-state index in [1.165, 1.54) is 18.5 Å². The second kappa shape index (κ2) is 10.5. The Bertz CT molecular complexity index is 1310. The molecule has 0 unspecified atom stereocenters. The van der Waals surface area contributed by atoms with Gasteiger partial charge >= 0.3 is 0 Å². The molecule has 9 heteroatoms. The number of carbonyl (C=O) groups excluding carboxylic acids is 1. The molecule has 1 aliphatic rings. The predicted molar refractivity (Wildman–Crippen MR) is 131 cm³/mol. The molecule has 3 heterocycles. The number of ether oxygens (including phenoxy) is 1. The van der Waals surface area contributed by atoms with E-state index >= 15 is 0 Å². The van der Waals surface area contributed by atoms with Gasteiger partial charge in [-0.3, -0.25) is 4.79 Å². The Balaban J connectivity index is 1.38. The van der Waals surface area contributed by atoms with Crippen LogP contribution >= 0.6 is 0 Å².